The second-order valence-electron chi connectivity index (χ2n) is 4.70. The van der Waals surface area contributed by atoms with Crippen LogP contribution in [0.3, 0.4) is 0 Å². The average molecular weight is 377 g/mol. The van der Waals surface area contributed by atoms with Crippen molar-refractivity contribution in [2.45, 2.75) is 13.8 Å². The Balaban J connectivity index is 0.00000242. The molecular formula is C17H19FNO2Y-. The molecule has 0 N–H and O–H groups in total. The van der Waals surface area contributed by atoms with Gasteiger partial charge in [-0.05, 0) is 18.7 Å². The van der Waals surface area contributed by atoms with E-state index in [1.807, 2.05) is 24.8 Å². The third-order valence-electron chi connectivity index (χ3n) is 3.33. The van der Waals surface area contributed by atoms with Crippen molar-refractivity contribution >= 4 is 5.70 Å². The first-order chi connectivity index (χ1) is 10.1. The number of hydrogen-bond acceptors (Lipinski definition) is 3. The Kier molecular flexibility index (Phi) is 7.47. The molecule has 0 amide bonds. The number of likely N-dealkylation sites (N-methyl/N-ethyl adjacent to an activating group) is 1. The maximum Gasteiger partial charge on any atom is 0.188 e. The van der Waals surface area contributed by atoms with Crippen molar-refractivity contribution in [2.24, 2.45) is 0 Å². The molecule has 3 nitrogen and oxygen atoms in total. The molecule has 0 aliphatic carbocycles. The number of hydrogen-bond donors (Lipinski definition) is 0. The molecule has 0 spiro atoms. The van der Waals surface area contributed by atoms with E-state index in [0.717, 1.165) is 11.3 Å². The van der Waals surface area contributed by atoms with E-state index in [1.54, 1.807) is 12.1 Å². The van der Waals surface area contributed by atoms with Crippen molar-refractivity contribution < 1.29 is 46.6 Å². The number of nitrogens with zero attached hydrogens (tertiary/aromatic N) is 1. The molecule has 115 valence electrons. The summed E-state index contributed by atoms with van der Waals surface area (Å²) in [6.45, 7) is 8.80. The van der Waals surface area contributed by atoms with Gasteiger partial charge < -0.3 is 14.4 Å². The van der Waals surface area contributed by atoms with Crippen LogP contribution in [-0.4, -0.2) is 25.3 Å². The Morgan fingerprint density at radius 3 is 2.68 bits per heavy atom. The SMILES string of the molecule is C=C1C(C)=C[C-]=C(c2ccc(OCOC)cc2F)N1CC.[Y]. The van der Waals surface area contributed by atoms with E-state index < -0.39 is 0 Å². The van der Waals surface area contributed by atoms with Gasteiger partial charge in [0, 0.05) is 52.4 Å². The van der Waals surface area contributed by atoms with Crippen LogP contribution in [0.15, 0.2) is 42.1 Å². The Morgan fingerprint density at radius 1 is 1.36 bits per heavy atom. The Labute approximate surface area is 156 Å². The largest absolute Gasteiger partial charge is 0.468 e. The first-order valence-electron chi connectivity index (χ1n) is 6.77. The van der Waals surface area contributed by atoms with E-state index in [1.165, 1.54) is 13.2 Å². The van der Waals surface area contributed by atoms with Crippen molar-refractivity contribution in [2.75, 3.05) is 20.4 Å². The molecule has 1 aromatic rings. The van der Waals surface area contributed by atoms with Gasteiger partial charge in [-0.2, -0.15) is 12.2 Å². The van der Waals surface area contributed by atoms with Crippen molar-refractivity contribution in [3.05, 3.63) is 59.6 Å². The van der Waals surface area contributed by atoms with Crippen LogP contribution in [0.4, 0.5) is 4.39 Å². The zero-order chi connectivity index (χ0) is 15.4. The van der Waals surface area contributed by atoms with Gasteiger partial charge in [-0.25, -0.2) is 4.39 Å². The van der Waals surface area contributed by atoms with Gasteiger partial charge in [0.1, 0.15) is 5.75 Å². The molecule has 1 aliphatic rings. The minimum Gasteiger partial charge on any atom is -0.468 e. The fraction of sp³-hybridized carbons (Fsp3) is 0.294. The summed E-state index contributed by atoms with van der Waals surface area (Å²) >= 11 is 0. The van der Waals surface area contributed by atoms with Crippen LogP contribution < -0.4 is 4.74 Å². The molecule has 1 heterocycles. The summed E-state index contributed by atoms with van der Waals surface area (Å²) in [6, 6.07) is 4.76. The van der Waals surface area contributed by atoms with Gasteiger partial charge in [-0.15, -0.1) is 11.6 Å². The van der Waals surface area contributed by atoms with Crippen molar-refractivity contribution in [1.82, 2.24) is 4.90 Å². The van der Waals surface area contributed by atoms with Gasteiger partial charge in [-0.3, -0.25) is 0 Å². The van der Waals surface area contributed by atoms with E-state index in [9.17, 15) is 4.39 Å². The van der Waals surface area contributed by atoms with E-state index in [4.69, 9.17) is 9.47 Å². The van der Waals surface area contributed by atoms with Crippen LogP contribution in [0.1, 0.15) is 19.4 Å². The number of halogens is 1. The fourth-order valence-corrected chi connectivity index (χ4v) is 2.16. The number of allylic oxidation sites excluding steroid dienone is 3. The molecule has 1 aromatic carbocycles. The maximum atomic E-state index is 14.3. The molecule has 0 aromatic heterocycles. The summed E-state index contributed by atoms with van der Waals surface area (Å²) < 4.78 is 24.4. The second-order valence-corrected chi connectivity index (χ2v) is 4.70. The standard InChI is InChI=1S/C17H19FNO2.Y/c1-5-19-13(3)12(2)6-9-17(19)15-8-7-14(10-16(15)18)21-11-20-4;/h6-8,10H,3,5,11H2,1-2,4H3;/q-1;. The summed E-state index contributed by atoms with van der Waals surface area (Å²) in [5.41, 5.74) is 3.06. The average Bonchev–Trinajstić information content (AvgIpc) is 2.48. The van der Waals surface area contributed by atoms with E-state index in [0.29, 0.717) is 23.6 Å². The smallest absolute Gasteiger partial charge is 0.188 e. The zero-order valence-electron chi connectivity index (χ0n) is 13.1. The molecule has 0 saturated carbocycles. The molecule has 0 fully saturated rings. The number of rotatable bonds is 5. The first kappa shape index (κ1) is 19.1. The monoisotopic (exact) mass is 377 g/mol. The van der Waals surface area contributed by atoms with Gasteiger partial charge in [0.15, 0.2) is 6.79 Å². The van der Waals surface area contributed by atoms with Crippen molar-refractivity contribution in [3.8, 4) is 5.75 Å². The number of ether oxygens (including phenoxy) is 2. The Morgan fingerprint density at radius 2 is 2.09 bits per heavy atom. The third-order valence-corrected chi connectivity index (χ3v) is 3.33. The third kappa shape index (κ3) is 4.06. The van der Waals surface area contributed by atoms with Crippen molar-refractivity contribution in [1.29, 1.82) is 0 Å². The van der Waals surface area contributed by atoms with Crippen LogP contribution in [-0.2, 0) is 37.4 Å². The summed E-state index contributed by atoms with van der Waals surface area (Å²) in [6.07, 6.45) is 4.97. The molecule has 0 atom stereocenters. The predicted octanol–water partition coefficient (Wildman–Crippen LogP) is 3.75. The summed E-state index contributed by atoms with van der Waals surface area (Å²) in [4.78, 5) is 1.95. The van der Waals surface area contributed by atoms with Gasteiger partial charge in [-0.1, -0.05) is 24.8 Å². The molecule has 2 rings (SSSR count). The molecule has 0 bridgehead atoms. The molecule has 22 heavy (non-hydrogen) atoms. The number of benzene rings is 1. The van der Waals surface area contributed by atoms with Gasteiger partial charge in [0.05, 0.1) is 5.82 Å². The minimum absolute atomic E-state index is 0. The summed E-state index contributed by atoms with van der Waals surface area (Å²) in [5, 5.41) is 0. The number of methoxy groups -OCH3 is 1. The quantitative estimate of drug-likeness (QED) is 0.577. The molecule has 0 unspecified atom stereocenters. The van der Waals surface area contributed by atoms with E-state index in [-0.39, 0.29) is 45.3 Å². The van der Waals surface area contributed by atoms with Gasteiger partial charge >= 0.3 is 0 Å². The topological polar surface area (TPSA) is 21.7 Å². The molecule has 5 heteroatoms. The minimum atomic E-state index is -0.356. The van der Waals surface area contributed by atoms with Crippen LogP contribution in [0.5, 0.6) is 5.75 Å². The van der Waals surface area contributed by atoms with Crippen molar-refractivity contribution in [3.63, 3.8) is 0 Å². The predicted molar refractivity (Wildman–Crippen MR) is 80.8 cm³/mol. The van der Waals surface area contributed by atoms with Gasteiger partial charge in [0.25, 0.3) is 0 Å². The first-order valence-corrected chi connectivity index (χ1v) is 6.77. The second kappa shape index (κ2) is 8.61. The molecule has 0 saturated heterocycles. The summed E-state index contributed by atoms with van der Waals surface area (Å²) in [7, 11) is 1.52. The Hall–Kier alpha value is -0.966. The van der Waals surface area contributed by atoms with Crippen LogP contribution in [0.25, 0.3) is 5.70 Å². The van der Waals surface area contributed by atoms with Crippen LogP contribution in [0, 0.1) is 11.9 Å². The molecule has 1 radical (unpaired) electrons. The van der Waals surface area contributed by atoms with Crippen LogP contribution in [0.2, 0.25) is 0 Å². The maximum absolute atomic E-state index is 14.3. The molecule has 1 aliphatic heterocycles. The zero-order valence-corrected chi connectivity index (χ0v) is 16.0. The van der Waals surface area contributed by atoms with E-state index in [2.05, 4.69) is 12.7 Å². The Bertz CT molecular complexity index is 611. The normalized spacial score (nSPS) is 14.2. The van der Waals surface area contributed by atoms with Crippen LogP contribution >= 0.6 is 0 Å². The van der Waals surface area contributed by atoms with E-state index >= 15 is 0 Å². The fourth-order valence-electron chi connectivity index (χ4n) is 2.16. The van der Waals surface area contributed by atoms with Gasteiger partial charge in [0.2, 0.25) is 0 Å². The summed E-state index contributed by atoms with van der Waals surface area (Å²) in [5.74, 6) is 0.0772. The molecular weight excluding hydrogens is 358 g/mol.